The van der Waals surface area contributed by atoms with Gasteiger partial charge in [-0.3, -0.25) is 32.5 Å². The van der Waals surface area contributed by atoms with E-state index in [-0.39, 0.29) is 19.3 Å². The second kappa shape index (κ2) is 59.1. The van der Waals surface area contributed by atoms with Gasteiger partial charge >= 0.3 is 33.6 Å². The molecule has 0 aliphatic heterocycles. The SMILES string of the molecule is CC/C=C\C/C=C\C/C=C\C/C=C\C/C=C\C/C=C\CCCCCCC(=O)OCC(O)COP(=O)(O)OCC(O)COP(=O)(O)OCC(COC(=O)CCCCCCCCCCCCCCC)OC(=O)CCCCCCC/C=C\CCCC. The van der Waals surface area contributed by atoms with E-state index in [1.165, 1.54) is 70.6 Å². The predicted molar refractivity (Wildman–Crippen MR) is 334 cm³/mol. The van der Waals surface area contributed by atoms with E-state index in [4.69, 9.17) is 32.3 Å². The van der Waals surface area contributed by atoms with Crippen LogP contribution in [0.2, 0.25) is 0 Å². The molecule has 0 saturated carbocycles. The monoisotopic (exact) mass is 1210 g/mol. The molecule has 4 N–H and O–H groups in total. The van der Waals surface area contributed by atoms with E-state index in [0.717, 1.165) is 122 Å². The van der Waals surface area contributed by atoms with Gasteiger partial charge in [-0.2, -0.15) is 0 Å². The normalized spacial score (nSPS) is 14.9. The molecule has 0 aliphatic rings. The van der Waals surface area contributed by atoms with Gasteiger partial charge in [-0.15, -0.1) is 0 Å². The van der Waals surface area contributed by atoms with Crippen LogP contribution in [0.15, 0.2) is 85.1 Å². The molecule has 0 spiro atoms. The Balaban J connectivity index is 4.55. The van der Waals surface area contributed by atoms with Crippen molar-refractivity contribution in [1.82, 2.24) is 0 Å². The number of phosphoric ester groups is 2. The quantitative estimate of drug-likeness (QED) is 0.0146. The van der Waals surface area contributed by atoms with Crippen LogP contribution in [0.1, 0.15) is 252 Å². The van der Waals surface area contributed by atoms with E-state index in [0.29, 0.717) is 19.3 Å². The Morgan fingerprint density at radius 1 is 0.349 bits per heavy atom. The van der Waals surface area contributed by atoms with Crippen LogP contribution in [0.3, 0.4) is 0 Å². The van der Waals surface area contributed by atoms with Crippen LogP contribution in [-0.2, 0) is 55.8 Å². The number of ether oxygens (including phenoxy) is 3. The average Bonchev–Trinajstić information content (AvgIpc) is 3.46. The van der Waals surface area contributed by atoms with Gasteiger partial charge in [0.2, 0.25) is 0 Å². The highest BCUT2D eigenvalue weighted by molar-refractivity contribution is 7.47. The second-order valence-electron chi connectivity index (χ2n) is 21.2. The summed E-state index contributed by atoms with van der Waals surface area (Å²) in [5.41, 5.74) is 0. The van der Waals surface area contributed by atoms with Crippen LogP contribution in [-0.4, -0.2) is 95.9 Å². The van der Waals surface area contributed by atoms with Crippen molar-refractivity contribution >= 4 is 33.6 Å². The number of phosphoric acid groups is 2. The molecule has 0 fully saturated rings. The summed E-state index contributed by atoms with van der Waals surface area (Å²) in [5.74, 6) is -1.60. The molecule has 0 aromatic heterocycles. The van der Waals surface area contributed by atoms with Crippen molar-refractivity contribution in [2.75, 3.05) is 39.6 Å². The van der Waals surface area contributed by atoms with E-state index >= 15 is 0 Å². The van der Waals surface area contributed by atoms with E-state index in [2.05, 4.69) is 106 Å². The second-order valence-corrected chi connectivity index (χ2v) is 24.1. The lowest BCUT2D eigenvalue weighted by molar-refractivity contribution is -0.161. The third-order valence-corrected chi connectivity index (χ3v) is 15.0. The number of allylic oxidation sites excluding steroid dienone is 14. The highest BCUT2D eigenvalue weighted by Crippen LogP contribution is 2.45. The number of aliphatic hydroxyl groups is 2. The molecular weight excluding hydrogens is 1100 g/mol. The van der Waals surface area contributed by atoms with Crippen LogP contribution in [0, 0.1) is 0 Å². The zero-order valence-corrected chi connectivity index (χ0v) is 53.4. The number of hydrogen-bond donors (Lipinski definition) is 4. The van der Waals surface area contributed by atoms with Gasteiger partial charge in [-0.1, -0.05) is 228 Å². The lowest BCUT2D eigenvalue weighted by Gasteiger charge is -2.21. The third-order valence-electron chi connectivity index (χ3n) is 13.1. The van der Waals surface area contributed by atoms with Crippen molar-refractivity contribution in [3.05, 3.63) is 85.1 Å². The number of carbonyl (C=O) groups excluding carboxylic acids is 3. The number of unbranched alkanes of at least 4 members (excludes halogenated alkanes) is 23. The van der Waals surface area contributed by atoms with Crippen molar-refractivity contribution < 1.29 is 75.8 Å². The standard InChI is InChI=1S/C65H114O16P2/c1-4-7-10-13-16-19-22-24-25-26-27-28-29-30-31-32-33-35-38-39-42-45-48-51-63(68)75-54-60(66)55-77-82(71,72)78-56-61(67)57-79-83(73,74)80-59-62(81-65(70)53-50-47-44-41-36-21-18-15-12-9-6-3)58-76-64(69)52-49-46-43-40-37-34-23-20-17-14-11-8-5-2/h7,10,15-16,18-19,24-25,27-28,30-31,33,35,60-62,66-67H,4-6,8-9,11-14,17,20-23,26,29,32,34,36-59H2,1-3H3,(H,71,72)(H,73,74)/b10-7-,18-15-,19-16-,25-24-,28-27-,31-30-,35-33-. The molecular formula is C65H114O16P2. The van der Waals surface area contributed by atoms with Crippen LogP contribution in [0.4, 0.5) is 0 Å². The summed E-state index contributed by atoms with van der Waals surface area (Å²) in [7, 11) is -9.76. The Morgan fingerprint density at radius 3 is 1.06 bits per heavy atom. The van der Waals surface area contributed by atoms with Gasteiger partial charge in [-0.05, 0) is 89.9 Å². The maximum atomic E-state index is 12.8. The van der Waals surface area contributed by atoms with E-state index in [1.807, 2.05) is 0 Å². The van der Waals surface area contributed by atoms with E-state index in [9.17, 15) is 43.5 Å². The maximum Gasteiger partial charge on any atom is 0.472 e. The molecule has 0 radical (unpaired) electrons. The van der Waals surface area contributed by atoms with Crippen LogP contribution in [0.25, 0.3) is 0 Å². The highest BCUT2D eigenvalue weighted by Gasteiger charge is 2.29. The Morgan fingerprint density at radius 2 is 0.651 bits per heavy atom. The molecule has 5 atom stereocenters. The Kier molecular flexibility index (Phi) is 56.8. The summed E-state index contributed by atoms with van der Waals surface area (Å²) >= 11 is 0. The molecule has 0 aliphatic carbocycles. The number of aliphatic hydroxyl groups excluding tert-OH is 2. The molecule has 480 valence electrons. The van der Waals surface area contributed by atoms with Gasteiger partial charge in [0, 0.05) is 19.3 Å². The summed E-state index contributed by atoms with van der Waals surface area (Å²) in [6.07, 6.45) is 60.8. The Hall–Kier alpha value is -3.27. The first-order valence-corrected chi connectivity index (χ1v) is 34.9. The average molecular weight is 1210 g/mol. The predicted octanol–water partition coefficient (Wildman–Crippen LogP) is 17.0. The minimum absolute atomic E-state index is 0.0960. The summed E-state index contributed by atoms with van der Waals surface area (Å²) in [5, 5.41) is 20.5. The van der Waals surface area contributed by atoms with Crippen molar-refractivity contribution in [1.29, 1.82) is 0 Å². The molecule has 0 saturated heterocycles. The highest BCUT2D eigenvalue weighted by atomic mass is 31.2. The molecule has 5 unspecified atom stereocenters. The van der Waals surface area contributed by atoms with Gasteiger partial charge < -0.3 is 34.2 Å². The molecule has 18 heteroatoms. The third kappa shape index (κ3) is 60.2. The van der Waals surface area contributed by atoms with Crippen molar-refractivity contribution in [2.24, 2.45) is 0 Å². The summed E-state index contributed by atoms with van der Waals surface area (Å²) in [6, 6.07) is 0. The maximum absolute atomic E-state index is 12.8. The minimum atomic E-state index is -4.91. The zero-order valence-electron chi connectivity index (χ0n) is 51.6. The minimum Gasteiger partial charge on any atom is -0.463 e. The molecule has 0 aromatic rings. The first kappa shape index (κ1) is 79.7. The summed E-state index contributed by atoms with van der Waals surface area (Å²) < 4.78 is 60.6. The fourth-order valence-electron chi connectivity index (χ4n) is 8.20. The molecule has 0 aromatic carbocycles. The molecule has 0 heterocycles. The smallest absolute Gasteiger partial charge is 0.463 e. The van der Waals surface area contributed by atoms with Gasteiger partial charge in [-0.25, -0.2) is 9.13 Å². The fraction of sp³-hybridized carbons (Fsp3) is 0.738. The van der Waals surface area contributed by atoms with Crippen LogP contribution in [0.5, 0.6) is 0 Å². The number of rotatable bonds is 60. The lowest BCUT2D eigenvalue weighted by Crippen LogP contribution is -2.30. The van der Waals surface area contributed by atoms with Gasteiger partial charge in [0.05, 0.1) is 26.4 Å². The largest absolute Gasteiger partial charge is 0.472 e. The summed E-state index contributed by atoms with van der Waals surface area (Å²) in [6.45, 7) is 2.46. The van der Waals surface area contributed by atoms with Gasteiger partial charge in [0.15, 0.2) is 6.10 Å². The van der Waals surface area contributed by atoms with E-state index < -0.39 is 91.5 Å². The van der Waals surface area contributed by atoms with Crippen LogP contribution >= 0.6 is 15.6 Å². The first-order chi connectivity index (χ1) is 40.2. The molecule has 0 bridgehead atoms. The fourth-order valence-corrected chi connectivity index (χ4v) is 9.79. The lowest BCUT2D eigenvalue weighted by atomic mass is 10.0. The van der Waals surface area contributed by atoms with Gasteiger partial charge in [0.25, 0.3) is 0 Å². The summed E-state index contributed by atoms with van der Waals surface area (Å²) in [4.78, 5) is 58.1. The topological polar surface area (TPSA) is 231 Å². The van der Waals surface area contributed by atoms with Gasteiger partial charge in [0.1, 0.15) is 25.4 Å². The van der Waals surface area contributed by atoms with Crippen LogP contribution < -0.4 is 0 Å². The molecule has 0 amide bonds. The van der Waals surface area contributed by atoms with Crippen molar-refractivity contribution in [3.63, 3.8) is 0 Å². The van der Waals surface area contributed by atoms with E-state index in [1.54, 1.807) is 0 Å². The Labute approximate surface area is 502 Å². The molecule has 16 nitrogen and oxygen atoms in total. The number of hydrogen-bond acceptors (Lipinski definition) is 14. The van der Waals surface area contributed by atoms with Crippen molar-refractivity contribution in [3.8, 4) is 0 Å². The Bertz CT molecular complexity index is 1860. The molecule has 83 heavy (non-hydrogen) atoms. The molecule has 0 rings (SSSR count). The first-order valence-electron chi connectivity index (χ1n) is 31.9. The zero-order chi connectivity index (χ0) is 61.0. The number of esters is 3. The van der Waals surface area contributed by atoms with Crippen molar-refractivity contribution in [2.45, 2.75) is 270 Å². The number of carbonyl (C=O) groups is 3.